The Hall–Kier alpha value is -4.06. The number of carbonyl (C=O) groups is 1. The van der Waals surface area contributed by atoms with Crippen LogP contribution in [0.25, 0.3) is 10.2 Å². The fourth-order valence-electron chi connectivity index (χ4n) is 3.86. The predicted octanol–water partition coefficient (Wildman–Crippen LogP) is 7.85. The number of benzene rings is 3. The van der Waals surface area contributed by atoms with Gasteiger partial charge in [-0.2, -0.15) is 0 Å². The lowest BCUT2D eigenvalue weighted by atomic mass is 10.1. The molecule has 1 amide bonds. The third-order valence-corrected chi connectivity index (χ3v) is 9.00. The molecular weight excluding hydrogens is 563 g/mol. The number of fused-ring (bicyclic) bond motifs is 1. The number of anilines is 1. The highest BCUT2D eigenvalue weighted by atomic mass is 32.2. The number of carbonyl (C=O) groups excluding carboxylic acids is 1. The van der Waals surface area contributed by atoms with Crippen LogP contribution < -0.4 is 5.32 Å². The summed E-state index contributed by atoms with van der Waals surface area (Å²) in [5, 5.41) is 15.4. The molecule has 0 aliphatic heterocycles. The molecule has 5 aromatic rings. The van der Waals surface area contributed by atoms with Crippen LogP contribution in [-0.4, -0.2) is 32.8 Å². The summed E-state index contributed by atoms with van der Waals surface area (Å²) in [6.07, 6.45) is 3.26. The van der Waals surface area contributed by atoms with Gasteiger partial charge in [0.2, 0.25) is 5.91 Å². The van der Waals surface area contributed by atoms with E-state index in [1.807, 2.05) is 62.4 Å². The van der Waals surface area contributed by atoms with E-state index in [0.29, 0.717) is 21.2 Å². The standard InChI is InChI=1S/C29H23N5O3S3/c1-18-6-5-7-19(2)28(18)33-26(35)17-38-29-32-22-11-10-21(15-25(22)40-29)31-16-20-9-12-24(23(14-20)34(36)37)39-27-8-3-4-13-30-27/h3-16H,17H2,1-2H3,(H,33,35). The minimum Gasteiger partial charge on any atom is -0.325 e. The summed E-state index contributed by atoms with van der Waals surface area (Å²) in [5.74, 6) is 0.178. The number of nitro groups is 1. The van der Waals surface area contributed by atoms with Crippen molar-refractivity contribution >= 4 is 74.3 Å². The second-order valence-corrected chi connectivity index (χ2v) is 12.1. The lowest BCUT2D eigenvalue weighted by molar-refractivity contribution is -0.387. The number of amides is 1. The molecule has 0 aliphatic rings. The monoisotopic (exact) mass is 585 g/mol. The molecule has 3 aromatic carbocycles. The molecule has 5 rings (SSSR count). The fraction of sp³-hybridized carbons (Fsp3) is 0.103. The highest BCUT2D eigenvalue weighted by Crippen LogP contribution is 2.35. The van der Waals surface area contributed by atoms with Crippen LogP contribution in [0.15, 0.2) is 98.2 Å². The number of pyridine rings is 1. The maximum atomic E-state index is 12.5. The summed E-state index contributed by atoms with van der Waals surface area (Å²) in [4.78, 5) is 37.7. The summed E-state index contributed by atoms with van der Waals surface area (Å²) in [7, 11) is 0. The number of para-hydroxylation sites is 1. The van der Waals surface area contributed by atoms with Gasteiger partial charge in [-0.15, -0.1) is 11.3 Å². The molecule has 0 fully saturated rings. The minimum absolute atomic E-state index is 0.000742. The predicted molar refractivity (Wildman–Crippen MR) is 164 cm³/mol. The van der Waals surface area contributed by atoms with Crippen molar-refractivity contribution < 1.29 is 9.72 Å². The van der Waals surface area contributed by atoms with Crippen molar-refractivity contribution in [1.82, 2.24) is 9.97 Å². The summed E-state index contributed by atoms with van der Waals surface area (Å²) in [6, 6.07) is 22.0. The van der Waals surface area contributed by atoms with Crippen LogP contribution in [0.5, 0.6) is 0 Å². The number of thiazole rings is 1. The number of aromatic nitrogens is 2. The van der Waals surface area contributed by atoms with E-state index >= 15 is 0 Å². The fourth-order valence-corrected chi connectivity index (χ4v) is 6.62. The minimum atomic E-state index is -0.395. The van der Waals surface area contributed by atoms with Gasteiger partial charge in [-0.1, -0.05) is 53.9 Å². The van der Waals surface area contributed by atoms with E-state index in [1.54, 1.807) is 30.6 Å². The molecule has 2 heterocycles. The maximum absolute atomic E-state index is 12.5. The number of nitro benzene ring substituents is 1. The third-order valence-electron chi connectivity index (χ3n) is 5.82. The number of hydrogen-bond donors (Lipinski definition) is 1. The molecule has 0 radical (unpaired) electrons. The number of aliphatic imine (C=N–C) groups is 1. The lowest BCUT2D eigenvalue weighted by Gasteiger charge is -2.10. The Morgan fingerprint density at radius 1 is 1.07 bits per heavy atom. The average molecular weight is 586 g/mol. The molecule has 0 atom stereocenters. The molecule has 0 bridgehead atoms. The van der Waals surface area contributed by atoms with Crippen molar-refractivity contribution in [3.05, 3.63) is 106 Å². The first-order chi connectivity index (χ1) is 19.4. The summed E-state index contributed by atoms with van der Waals surface area (Å²) in [6.45, 7) is 3.95. The van der Waals surface area contributed by atoms with Crippen LogP contribution in [0.2, 0.25) is 0 Å². The second kappa shape index (κ2) is 12.4. The third kappa shape index (κ3) is 6.74. The molecule has 1 N–H and O–H groups in total. The van der Waals surface area contributed by atoms with Gasteiger partial charge in [0.1, 0.15) is 5.03 Å². The van der Waals surface area contributed by atoms with Gasteiger partial charge in [-0.25, -0.2) is 9.97 Å². The van der Waals surface area contributed by atoms with Gasteiger partial charge < -0.3 is 5.32 Å². The number of aryl methyl sites for hydroxylation is 2. The van der Waals surface area contributed by atoms with Crippen molar-refractivity contribution in [1.29, 1.82) is 0 Å². The first-order valence-electron chi connectivity index (χ1n) is 12.2. The quantitative estimate of drug-likeness (QED) is 0.0811. The smallest absolute Gasteiger partial charge is 0.283 e. The number of hydrogen-bond acceptors (Lipinski definition) is 9. The normalized spacial score (nSPS) is 11.2. The Kier molecular flexibility index (Phi) is 8.54. The van der Waals surface area contributed by atoms with Crippen LogP contribution in [-0.2, 0) is 4.79 Å². The molecule has 0 aliphatic carbocycles. The van der Waals surface area contributed by atoms with E-state index in [0.717, 1.165) is 31.4 Å². The van der Waals surface area contributed by atoms with E-state index in [9.17, 15) is 14.9 Å². The zero-order valence-corrected chi connectivity index (χ0v) is 24.0. The lowest BCUT2D eigenvalue weighted by Crippen LogP contribution is -2.15. The van der Waals surface area contributed by atoms with Gasteiger partial charge in [0.25, 0.3) is 5.69 Å². The Bertz CT molecular complexity index is 1720. The van der Waals surface area contributed by atoms with Gasteiger partial charge in [0, 0.05) is 24.2 Å². The Morgan fingerprint density at radius 2 is 1.90 bits per heavy atom. The molecule has 0 spiro atoms. The van der Waals surface area contributed by atoms with Gasteiger partial charge in [-0.05, 0) is 66.9 Å². The zero-order valence-electron chi connectivity index (χ0n) is 21.5. The Labute approximate surface area is 243 Å². The molecule has 0 saturated carbocycles. The van der Waals surface area contributed by atoms with Crippen molar-refractivity contribution in [3.8, 4) is 0 Å². The Balaban J connectivity index is 1.26. The van der Waals surface area contributed by atoms with E-state index < -0.39 is 4.92 Å². The number of nitrogens with zero attached hydrogens (tertiary/aromatic N) is 4. The van der Waals surface area contributed by atoms with Crippen LogP contribution in [0, 0.1) is 24.0 Å². The zero-order chi connectivity index (χ0) is 28.1. The summed E-state index contributed by atoms with van der Waals surface area (Å²) < 4.78 is 1.74. The molecule has 40 heavy (non-hydrogen) atoms. The molecule has 2 aromatic heterocycles. The first kappa shape index (κ1) is 27.5. The first-order valence-corrected chi connectivity index (χ1v) is 14.8. The van der Waals surface area contributed by atoms with Crippen molar-refractivity contribution in [2.75, 3.05) is 11.1 Å². The molecule has 0 unspecified atom stereocenters. The highest BCUT2D eigenvalue weighted by molar-refractivity contribution is 8.01. The number of rotatable bonds is 9. The van der Waals surface area contributed by atoms with Gasteiger partial charge in [0.15, 0.2) is 4.34 Å². The summed E-state index contributed by atoms with van der Waals surface area (Å²) in [5.41, 5.74) is 5.06. The van der Waals surface area contributed by atoms with Crippen LogP contribution in [0.4, 0.5) is 17.1 Å². The van der Waals surface area contributed by atoms with E-state index in [1.165, 1.54) is 40.9 Å². The molecule has 8 nitrogen and oxygen atoms in total. The van der Waals surface area contributed by atoms with Gasteiger partial charge in [0.05, 0.1) is 31.5 Å². The topological polar surface area (TPSA) is 110 Å². The summed E-state index contributed by atoms with van der Waals surface area (Å²) >= 11 is 4.14. The van der Waals surface area contributed by atoms with Crippen LogP contribution >= 0.6 is 34.9 Å². The number of nitrogens with one attached hydrogen (secondary N) is 1. The molecule has 200 valence electrons. The maximum Gasteiger partial charge on any atom is 0.283 e. The van der Waals surface area contributed by atoms with Crippen molar-refractivity contribution in [3.63, 3.8) is 0 Å². The van der Waals surface area contributed by atoms with Gasteiger partial charge >= 0.3 is 0 Å². The van der Waals surface area contributed by atoms with Crippen LogP contribution in [0.1, 0.15) is 16.7 Å². The SMILES string of the molecule is Cc1cccc(C)c1NC(=O)CSc1nc2ccc(N=Cc3ccc(Sc4ccccn4)c([N+](=O)[O-])c3)cc2s1. The average Bonchev–Trinajstić information content (AvgIpc) is 3.36. The van der Waals surface area contributed by atoms with E-state index in [4.69, 9.17) is 0 Å². The Morgan fingerprint density at radius 3 is 2.65 bits per heavy atom. The molecular formula is C29H23N5O3S3. The van der Waals surface area contributed by atoms with Crippen molar-refractivity contribution in [2.24, 2.45) is 4.99 Å². The molecule has 0 saturated heterocycles. The highest BCUT2D eigenvalue weighted by Gasteiger charge is 2.16. The van der Waals surface area contributed by atoms with E-state index in [-0.39, 0.29) is 17.3 Å². The molecule has 11 heteroatoms. The van der Waals surface area contributed by atoms with E-state index in [2.05, 4.69) is 20.3 Å². The van der Waals surface area contributed by atoms with Crippen molar-refractivity contribution in [2.45, 2.75) is 28.1 Å². The number of thioether (sulfide) groups is 1. The largest absolute Gasteiger partial charge is 0.325 e. The van der Waals surface area contributed by atoms with Crippen LogP contribution in [0.3, 0.4) is 0 Å². The van der Waals surface area contributed by atoms with Gasteiger partial charge in [-0.3, -0.25) is 19.9 Å². The second-order valence-electron chi connectivity index (χ2n) is 8.75.